The van der Waals surface area contributed by atoms with Crippen molar-refractivity contribution < 1.29 is 14.6 Å². The fourth-order valence-corrected chi connectivity index (χ4v) is 1.75. The average Bonchev–Trinajstić information content (AvgIpc) is 2.49. The Balaban J connectivity index is 1.83. The molecule has 0 bridgehead atoms. The third-order valence-corrected chi connectivity index (χ3v) is 3.07. The van der Waals surface area contributed by atoms with Crippen molar-refractivity contribution in [2.45, 2.75) is 0 Å². The lowest BCUT2D eigenvalue weighted by Gasteiger charge is -2.18. The number of halogens is 1. The van der Waals surface area contributed by atoms with Crippen LogP contribution < -0.4 is 15.0 Å². The number of aromatic hydroxyl groups is 1. The zero-order chi connectivity index (χ0) is 15.2. The fourth-order valence-electron chi connectivity index (χ4n) is 1.62. The van der Waals surface area contributed by atoms with Crippen molar-refractivity contribution in [2.24, 2.45) is 0 Å². The minimum atomic E-state index is -0.311. The van der Waals surface area contributed by atoms with Gasteiger partial charge in [0, 0.05) is 17.8 Å². The average molecular weight is 307 g/mol. The Bertz CT molecular complexity index is 599. The van der Waals surface area contributed by atoms with Crippen LogP contribution in [0.5, 0.6) is 11.5 Å². The summed E-state index contributed by atoms with van der Waals surface area (Å²) >= 11 is 5.77. The molecule has 0 aromatic heterocycles. The number of nitrogens with one attached hydrogen (secondary N) is 1. The van der Waals surface area contributed by atoms with Gasteiger partial charge in [-0.3, -0.25) is 4.90 Å². The van der Waals surface area contributed by atoms with Gasteiger partial charge in [-0.05, 0) is 48.5 Å². The van der Waals surface area contributed by atoms with Crippen molar-refractivity contribution in [2.75, 3.05) is 18.7 Å². The molecule has 0 spiro atoms. The Morgan fingerprint density at radius 3 is 2.43 bits per heavy atom. The molecule has 0 aliphatic rings. The highest BCUT2D eigenvalue weighted by Crippen LogP contribution is 2.17. The minimum absolute atomic E-state index is 0.0445. The van der Waals surface area contributed by atoms with Crippen LogP contribution in [0.1, 0.15) is 0 Å². The van der Waals surface area contributed by atoms with Gasteiger partial charge in [-0.25, -0.2) is 4.79 Å². The van der Waals surface area contributed by atoms with Crippen LogP contribution in [-0.4, -0.2) is 24.9 Å². The number of nitrogens with zero attached hydrogens (tertiary/aromatic N) is 1. The fraction of sp³-hybridized carbons (Fsp3) is 0.133. The Hall–Kier alpha value is -2.40. The van der Waals surface area contributed by atoms with Crippen LogP contribution in [0.25, 0.3) is 0 Å². The lowest BCUT2D eigenvalue weighted by molar-refractivity contribution is 0.230. The number of rotatable bonds is 4. The van der Waals surface area contributed by atoms with Crippen molar-refractivity contribution in [3.8, 4) is 11.5 Å². The number of phenolic OH excluding ortho intramolecular Hbond substituents is 1. The quantitative estimate of drug-likeness (QED) is 0.853. The monoisotopic (exact) mass is 306 g/mol. The second kappa shape index (κ2) is 6.85. The molecule has 6 heteroatoms. The highest BCUT2D eigenvalue weighted by atomic mass is 35.5. The summed E-state index contributed by atoms with van der Waals surface area (Å²) in [4.78, 5) is 13.3. The lowest BCUT2D eigenvalue weighted by Crippen LogP contribution is -2.39. The first-order valence-corrected chi connectivity index (χ1v) is 6.63. The number of phenols is 1. The van der Waals surface area contributed by atoms with Gasteiger partial charge in [-0.15, -0.1) is 0 Å². The van der Waals surface area contributed by atoms with E-state index in [1.807, 2.05) is 0 Å². The van der Waals surface area contributed by atoms with Gasteiger partial charge < -0.3 is 15.2 Å². The van der Waals surface area contributed by atoms with E-state index in [0.717, 1.165) is 0 Å². The van der Waals surface area contributed by atoms with Crippen LogP contribution in [0.15, 0.2) is 48.5 Å². The van der Waals surface area contributed by atoms with Crippen LogP contribution in [0.3, 0.4) is 0 Å². The van der Waals surface area contributed by atoms with E-state index in [1.54, 1.807) is 43.4 Å². The molecule has 21 heavy (non-hydrogen) atoms. The van der Waals surface area contributed by atoms with Crippen molar-refractivity contribution in [3.63, 3.8) is 0 Å². The largest absolute Gasteiger partial charge is 0.508 e. The second-order valence-electron chi connectivity index (χ2n) is 4.30. The number of urea groups is 1. The van der Waals surface area contributed by atoms with Gasteiger partial charge in [0.2, 0.25) is 0 Å². The Kier molecular flexibility index (Phi) is 4.90. The van der Waals surface area contributed by atoms with E-state index in [0.29, 0.717) is 16.5 Å². The molecule has 0 radical (unpaired) electrons. The first-order chi connectivity index (χ1) is 10.1. The number of hydrogen-bond donors (Lipinski definition) is 2. The number of amides is 2. The molecule has 0 saturated heterocycles. The normalized spacial score (nSPS) is 10.0. The molecule has 5 nitrogen and oxygen atoms in total. The number of benzene rings is 2. The van der Waals surface area contributed by atoms with E-state index in [4.69, 9.17) is 16.3 Å². The molecule has 0 heterocycles. The summed E-state index contributed by atoms with van der Waals surface area (Å²) in [7, 11) is 1.63. The molecule has 2 aromatic carbocycles. The standard InChI is InChI=1S/C15H15ClN2O3/c1-18(12-4-6-13(19)7-5-12)15(20)17-10-21-14-8-2-11(16)3-9-14/h2-9,19H,10H2,1H3,(H,17,20). The number of carbonyl (C=O) groups is 1. The third kappa shape index (κ3) is 4.29. The molecule has 0 unspecified atom stereocenters. The smallest absolute Gasteiger partial charge is 0.324 e. The summed E-state index contributed by atoms with van der Waals surface area (Å²) in [5.41, 5.74) is 0.664. The molecule has 0 fully saturated rings. The number of anilines is 1. The summed E-state index contributed by atoms with van der Waals surface area (Å²) in [5.74, 6) is 0.769. The van der Waals surface area contributed by atoms with Gasteiger partial charge in [0.15, 0.2) is 6.73 Å². The maximum absolute atomic E-state index is 11.9. The molecule has 0 aliphatic carbocycles. The third-order valence-electron chi connectivity index (χ3n) is 2.82. The molecular weight excluding hydrogens is 292 g/mol. The Labute approximate surface area is 127 Å². The maximum Gasteiger partial charge on any atom is 0.324 e. The zero-order valence-electron chi connectivity index (χ0n) is 11.4. The highest BCUT2D eigenvalue weighted by molar-refractivity contribution is 6.30. The van der Waals surface area contributed by atoms with E-state index < -0.39 is 0 Å². The van der Waals surface area contributed by atoms with Crippen molar-refractivity contribution in [1.82, 2.24) is 5.32 Å². The number of ether oxygens (including phenoxy) is 1. The predicted octanol–water partition coefficient (Wildman–Crippen LogP) is 3.23. The second-order valence-corrected chi connectivity index (χ2v) is 4.74. The van der Waals surface area contributed by atoms with E-state index >= 15 is 0 Å². The highest BCUT2D eigenvalue weighted by Gasteiger charge is 2.10. The van der Waals surface area contributed by atoms with Crippen molar-refractivity contribution >= 4 is 23.3 Å². The van der Waals surface area contributed by atoms with E-state index in [-0.39, 0.29) is 18.5 Å². The van der Waals surface area contributed by atoms with Crippen LogP contribution in [0.4, 0.5) is 10.5 Å². The minimum Gasteiger partial charge on any atom is -0.508 e. The molecule has 0 aliphatic heterocycles. The van der Waals surface area contributed by atoms with Crippen molar-refractivity contribution in [3.05, 3.63) is 53.6 Å². The van der Waals surface area contributed by atoms with Crippen molar-refractivity contribution in [1.29, 1.82) is 0 Å². The van der Waals surface area contributed by atoms with E-state index in [2.05, 4.69) is 5.32 Å². The van der Waals surface area contributed by atoms with Gasteiger partial charge in [0.25, 0.3) is 0 Å². The van der Waals surface area contributed by atoms with Crippen LogP contribution in [0, 0.1) is 0 Å². The summed E-state index contributed by atoms with van der Waals surface area (Å²) in [6.45, 7) is 0.0445. The summed E-state index contributed by atoms with van der Waals surface area (Å²) in [6, 6.07) is 12.9. The molecule has 2 rings (SSSR count). The zero-order valence-corrected chi connectivity index (χ0v) is 12.2. The first-order valence-electron chi connectivity index (χ1n) is 6.25. The molecule has 2 N–H and O–H groups in total. The van der Waals surface area contributed by atoms with Gasteiger partial charge in [-0.2, -0.15) is 0 Å². The van der Waals surface area contributed by atoms with Crippen LogP contribution >= 0.6 is 11.6 Å². The Morgan fingerprint density at radius 1 is 1.19 bits per heavy atom. The lowest BCUT2D eigenvalue weighted by atomic mass is 10.3. The van der Waals surface area contributed by atoms with Gasteiger partial charge >= 0.3 is 6.03 Å². The molecule has 2 aromatic rings. The van der Waals surface area contributed by atoms with E-state index in [9.17, 15) is 9.90 Å². The first kappa shape index (κ1) is 15.0. The van der Waals surface area contributed by atoms with E-state index in [1.165, 1.54) is 17.0 Å². The predicted molar refractivity (Wildman–Crippen MR) is 82.0 cm³/mol. The van der Waals surface area contributed by atoms with Crippen LogP contribution in [-0.2, 0) is 0 Å². The topological polar surface area (TPSA) is 61.8 Å². The number of carbonyl (C=O) groups excluding carboxylic acids is 1. The van der Waals surface area contributed by atoms with Gasteiger partial charge in [0.1, 0.15) is 11.5 Å². The molecule has 0 atom stereocenters. The maximum atomic E-state index is 11.9. The summed E-state index contributed by atoms with van der Waals surface area (Å²) < 4.78 is 5.38. The molecule has 2 amide bonds. The molecule has 0 saturated carbocycles. The van der Waals surface area contributed by atoms with Crippen LogP contribution in [0.2, 0.25) is 5.02 Å². The summed E-state index contributed by atoms with van der Waals surface area (Å²) in [5, 5.41) is 12.5. The molecule has 110 valence electrons. The molecular formula is C15H15ClN2O3. The Morgan fingerprint density at radius 2 is 1.81 bits per heavy atom. The number of hydrogen-bond acceptors (Lipinski definition) is 3. The summed E-state index contributed by atoms with van der Waals surface area (Å²) in [6.07, 6.45) is 0. The van der Waals surface area contributed by atoms with Gasteiger partial charge in [-0.1, -0.05) is 11.6 Å². The van der Waals surface area contributed by atoms with Gasteiger partial charge in [0.05, 0.1) is 0 Å². The SMILES string of the molecule is CN(C(=O)NCOc1ccc(Cl)cc1)c1ccc(O)cc1.